The van der Waals surface area contributed by atoms with Crippen LogP contribution in [0.4, 0.5) is 10.5 Å². The Morgan fingerprint density at radius 2 is 1.65 bits per heavy atom. The van der Waals surface area contributed by atoms with Crippen LogP contribution in [0.1, 0.15) is 27.8 Å². The fourth-order valence-electron chi connectivity index (χ4n) is 3.89. The topological polar surface area (TPSA) is 75.7 Å². The van der Waals surface area contributed by atoms with Gasteiger partial charge in [0.2, 0.25) is 0 Å². The molecule has 1 saturated heterocycles. The zero-order valence-electron chi connectivity index (χ0n) is 19.0. The summed E-state index contributed by atoms with van der Waals surface area (Å²) >= 11 is 3.51. The van der Waals surface area contributed by atoms with E-state index in [4.69, 9.17) is 4.74 Å². The lowest BCUT2D eigenvalue weighted by molar-refractivity contribution is -0.122. The minimum absolute atomic E-state index is 0.126. The van der Waals surface area contributed by atoms with Crippen molar-refractivity contribution in [3.8, 4) is 5.75 Å². The quantitative estimate of drug-likeness (QED) is 0.351. The highest BCUT2D eigenvalue weighted by Crippen LogP contribution is 2.29. The number of amides is 4. The molecule has 0 bridgehead atoms. The number of hydrogen-bond donors (Lipinski definition) is 1. The Labute approximate surface area is 206 Å². The maximum atomic E-state index is 13.1. The van der Waals surface area contributed by atoms with Crippen molar-refractivity contribution in [2.75, 3.05) is 4.90 Å². The van der Waals surface area contributed by atoms with Crippen LogP contribution in [0.3, 0.4) is 0 Å². The Kier molecular flexibility index (Phi) is 6.65. The van der Waals surface area contributed by atoms with Crippen LogP contribution in [0.2, 0.25) is 0 Å². The number of rotatable bonds is 5. The van der Waals surface area contributed by atoms with Crippen molar-refractivity contribution in [1.29, 1.82) is 0 Å². The number of halogens is 1. The van der Waals surface area contributed by atoms with Gasteiger partial charge in [0.15, 0.2) is 0 Å². The molecule has 0 aromatic heterocycles. The summed E-state index contributed by atoms with van der Waals surface area (Å²) in [6, 6.07) is 17.8. The summed E-state index contributed by atoms with van der Waals surface area (Å²) in [6.07, 6.45) is 1.47. The number of benzene rings is 3. The second-order valence-electron chi connectivity index (χ2n) is 8.22. The standard InChI is InChI=1S/C27H23BrN2O4/c1-16-10-17(2)12-20(11-16)15-34-24-9-8-19(14-22(24)28)13-21-25(31)29-27(33)30(26(21)32)23-7-5-4-6-18(23)3/h4-14H,15H2,1-3H3,(H,29,31,33)/b21-13+. The lowest BCUT2D eigenvalue weighted by atomic mass is 10.1. The van der Waals surface area contributed by atoms with Crippen molar-refractivity contribution >= 4 is 45.5 Å². The van der Waals surface area contributed by atoms with Crippen LogP contribution in [0.5, 0.6) is 5.75 Å². The van der Waals surface area contributed by atoms with E-state index >= 15 is 0 Å². The summed E-state index contributed by atoms with van der Waals surface area (Å²) < 4.78 is 6.64. The van der Waals surface area contributed by atoms with Gasteiger partial charge < -0.3 is 4.74 Å². The molecule has 0 atom stereocenters. The molecule has 1 aliphatic heterocycles. The Bertz CT molecular complexity index is 1330. The van der Waals surface area contributed by atoms with Crippen molar-refractivity contribution < 1.29 is 19.1 Å². The molecular formula is C27H23BrN2O4. The van der Waals surface area contributed by atoms with Gasteiger partial charge in [0, 0.05) is 0 Å². The molecule has 0 radical (unpaired) electrons. The number of aryl methyl sites for hydroxylation is 3. The van der Waals surface area contributed by atoms with Gasteiger partial charge in [0.1, 0.15) is 17.9 Å². The number of urea groups is 1. The highest BCUT2D eigenvalue weighted by Gasteiger charge is 2.37. The maximum absolute atomic E-state index is 13.1. The van der Waals surface area contributed by atoms with Gasteiger partial charge in [-0.05, 0) is 77.7 Å². The number of nitrogens with one attached hydrogen (secondary N) is 1. The predicted molar refractivity (Wildman–Crippen MR) is 135 cm³/mol. The second-order valence-corrected chi connectivity index (χ2v) is 9.07. The van der Waals surface area contributed by atoms with Crippen molar-refractivity contribution in [2.45, 2.75) is 27.4 Å². The van der Waals surface area contributed by atoms with Gasteiger partial charge in [0.25, 0.3) is 11.8 Å². The molecule has 1 fully saturated rings. The largest absolute Gasteiger partial charge is 0.488 e. The zero-order chi connectivity index (χ0) is 24.4. The highest BCUT2D eigenvalue weighted by atomic mass is 79.9. The normalized spacial score (nSPS) is 15.0. The number of para-hydroxylation sites is 1. The first kappa shape index (κ1) is 23.4. The molecular weight excluding hydrogens is 496 g/mol. The summed E-state index contributed by atoms with van der Waals surface area (Å²) in [5.74, 6) is -0.766. The molecule has 172 valence electrons. The average Bonchev–Trinajstić information content (AvgIpc) is 2.76. The van der Waals surface area contributed by atoms with E-state index in [0.29, 0.717) is 28.1 Å². The van der Waals surface area contributed by atoms with E-state index in [1.54, 1.807) is 43.3 Å². The Balaban J connectivity index is 1.57. The van der Waals surface area contributed by atoms with E-state index in [0.717, 1.165) is 16.0 Å². The van der Waals surface area contributed by atoms with E-state index in [9.17, 15) is 14.4 Å². The molecule has 3 aromatic rings. The van der Waals surface area contributed by atoms with E-state index < -0.39 is 17.8 Å². The molecule has 0 spiro atoms. The first-order valence-corrected chi connectivity index (χ1v) is 11.5. The average molecular weight is 519 g/mol. The van der Waals surface area contributed by atoms with Crippen molar-refractivity contribution in [3.05, 3.63) is 98.5 Å². The molecule has 0 saturated carbocycles. The number of anilines is 1. The SMILES string of the molecule is Cc1cc(C)cc(COc2ccc(/C=C3\C(=O)NC(=O)N(c4ccccc4C)C3=O)cc2Br)c1. The van der Waals surface area contributed by atoms with Crippen molar-refractivity contribution in [3.63, 3.8) is 0 Å². The Hall–Kier alpha value is -3.71. The fourth-order valence-corrected chi connectivity index (χ4v) is 4.41. The molecule has 1 N–H and O–H groups in total. The zero-order valence-corrected chi connectivity index (χ0v) is 20.6. The van der Waals surface area contributed by atoms with Crippen molar-refractivity contribution in [2.24, 2.45) is 0 Å². The molecule has 0 aliphatic carbocycles. The number of ether oxygens (including phenoxy) is 1. The molecule has 7 heteroatoms. The number of imide groups is 2. The molecule has 34 heavy (non-hydrogen) atoms. The number of carbonyl (C=O) groups excluding carboxylic acids is 3. The van der Waals surface area contributed by atoms with Crippen LogP contribution in [0.25, 0.3) is 6.08 Å². The van der Waals surface area contributed by atoms with E-state index in [-0.39, 0.29) is 5.57 Å². The van der Waals surface area contributed by atoms with Gasteiger partial charge in [-0.25, -0.2) is 9.69 Å². The Morgan fingerprint density at radius 3 is 2.32 bits per heavy atom. The number of nitrogens with zero attached hydrogens (tertiary/aromatic N) is 1. The summed E-state index contributed by atoms with van der Waals surface area (Å²) in [5.41, 5.74) is 5.08. The number of carbonyl (C=O) groups is 3. The molecule has 1 aliphatic rings. The predicted octanol–water partition coefficient (Wildman–Crippen LogP) is 5.62. The fraction of sp³-hybridized carbons (Fsp3) is 0.148. The number of hydrogen-bond acceptors (Lipinski definition) is 4. The maximum Gasteiger partial charge on any atom is 0.335 e. The molecule has 6 nitrogen and oxygen atoms in total. The lowest BCUT2D eigenvalue weighted by Gasteiger charge is -2.27. The van der Waals surface area contributed by atoms with E-state index in [1.165, 1.54) is 17.2 Å². The summed E-state index contributed by atoms with van der Waals surface area (Å²) in [6.45, 7) is 6.30. The van der Waals surface area contributed by atoms with Gasteiger partial charge in [-0.3, -0.25) is 14.9 Å². The summed E-state index contributed by atoms with van der Waals surface area (Å²) in [7, 11) is 0. The minimum Gasteiger partial charge on any atom is -0.488 e. The molecule has 3 aromatic carbocycles. The Morgan fingerprint density at radius 1 is 0.941 bits per heavy atom. The smallest absolute Gasteiger partial charge is 0.335 e. The van der Waals surface area contributed by atoms with Crippen LogP contribution in [0, 0.1) is 20.8 Å². The van der Waals surface area contributed by atoms with Crippen LogP contribution < -0.4 is 15.0 Å². The third kappa shape index (κ3) is 4.94. The third-order valence-corrected chi connectivity index (χ3v) is 6.02. The van der Waals surface area contributed by atoms with Crippen LogP contribution >= 0.6 is 15.9 Å². The van der Waals surface area contributed by atoms with Crippen LogP contribution in [0.15, 0.2) is 70.7 Å². The summed E-state index contributed by atoms with van der Waals surface area (Å²) in [4.78, 5) is 39.0. The van der Waals surface area contributed by atoms with E-state index in [2.05, 4.69) is 39.4 Å². The first-order valence-electron chi connectivity index (χ1n) is 10.7. The van der Waals surface area contributed by atoms with Gasteiger partial charge in [-0.1, -0.05) is 53.6 Å². The van der Waals surface area contributed by atoms with Crippen LogP contribution in [-0.4, -0.2) is 17.8 Å². The molecule has 4 rings (SSSR count). The third-order valence-electron chi connectivity index (χ3n) is 5.40. The summed E-state index contributed by atoms with van der Waals surface area (Å²) in [5, 5.41) is 2.25. The second kappa shape index (κ2) is 9.65. The molecule has 1 heterocycles. The van der Waals surface area contributed by atoms with Gasteiger partial charge in [-0.15, -0.1) is 0 Å². The molecule has 4 amide bonds. The van der Waals surface area contributed by atoms with Gasteiger partial charge in [-0.2, -0.15) is 0 Å². The molecule has 0 unspecified atom stereocenters. The number of barbiturate groups is 1. The van der Waals surface area contributed by atoms with Gasteiger partial charge in [0.05, 0.1) is 10.2 Å². The van der Waals surface area contributed by atoms with Crippen LogP contribution in [-0.2, 0) is 16.2 Å². The van der Waals surface area contributed by atoms with E-state index in [1.807, 2.05) is 19.9 Å². The van der Waals surface area contributed by atoms with Gasteiger partial charge >= 0.3 is 6.03 Å². The highest BCUT2D eigenvalue weighted by molar-refractivity contribution is 9.10. The lowest BCUT2D eigenvalue weighted by Crippen LogP contribution is -2.54. The monoisotopic (exact) mass is 518 g/mol. The minimum atomic E-state index is -0.766. The van der Waals surface area contributed by atoms with Crippen molar-refractivity contribution in [1.82, 2.24) is 5.32 Å². The first-order chi connectivity index (χ1) is 16.2.